The summed E-state index contributed by atoms with van der Waals surface area (Å²) in [6.45, 7) is 2.79. The molecule has 4 atom stereocenters. The van der Waals surface area contributed by atoms with E-state index in [9.17, 15) is 9.90 Å². The highest BCUT2D eigenvalue weighted by Gasteiger charge is 2.56. The molecule has 0 bridgehead atoms. The van der Waals surface area contributed by atoms with Crippen LogP contribution in [0.5, 0.6) is 0 Å². The lowest BCUT2D eigenvalue weighted by atomic mass is 9.66. The largest absolute Gasteiger partial charge is 0.389 e. The predicted molar refractivity (Wildman–Crippen MR) is 98.4 cm³/mol. The Kier molecular flexibility index (Phi) is 4.67. The van der Waals surface area contributed by atoms with Crippen LogP contribution in [0.15, 0.2) is 24.3 Å². The third-order valence-corrected chi connectivity index (χ3v) is 6.34. The van der Waals surface area contributed by atoms with Gasteiger partial charge in [0.1, 0.15) is 0 Å². The molecule has 0 aromatic heterocycles. The van der Waals surface area contributed by atoms with Crippen LogP contribution in [0.1, 0.15) is 23.2 Å². The fourth-order valence-corrected chi connectivity index (χ4v) is 4.76. The molecule has 26 heavy (non-hydrogen) atoms. The van der Waals surface area contributed by atoms with E-state index in [2.05, 4.69) is 0 Å². The van der Waals surface area contributed by atoms with Crippen LogP contribution in [0.25, 0.3) is 0 Å². The topological polar surface area (TPSA) is 62.2 Å². The third kappa shape index (κ3) is 2.90. The molecule has 3 aliphatic rings. The Labute approximate surface area is 154 Å². The Bertz CT molecular complexity index is 662. The fraction of sp³-hybridized carbons (Fsp3) is 0.650. The Morgan fingerprint density at radius 2 is 1.92 bits per heavy atom. The maximum Gasteiger partial charge on any atom is 0.254 e. The van der Waals surface area contributed by atoms with Gasteiger partial charge in [0.2, 0.25) is 0 Å². The fourth-order valence-electron chi connectivity index (χ4n) is 4.76. The summed E-state index contributed by atoms with van der Waals surface area (Å²) in [5.74, 6) is -0.0482. The van der Waals surface area contributed by atoms with Gasteiger partial charge in [-0.25, -0.2) is 0 Å². The summed E-state index contributed by atoms with van der Waals surface area (Å²) in [7, 11) is 3.97. The minimum absolute atomic E-state index is 0.0316. The maximum absolute atomic E-state index is 13.3. The van der Waals surface area contributed by atoms with E-state index in [4.69, 9.17) is 9.47 Å². The molecule has 4 rings (SSSR count). The van der Waals surface area contributed by atoms with Crippen molar-refractivity contribution in [2.45, 2.75) is 24.5 Å². The highest BCUT2D eigenvalue weighted by atomic mass is 16.5. The zero-order valence-electron chi connectivity index (χ0n) is 15.6. The SMILES string of the molecule is CN(C)c1ccc(C(=O)N2C[C@H]3COCC[C@@]3(O)[C@@H]3COCC[C@@H]32)cc1. The minimum atomic E-state index is -0.783. The molecule has 6 heteroatoms. The lowest BCUT2D eigenvalue weighted by molar-refractivity contribution is -0.212. The van der Waals surface area contributed by atoms with Gasteiger partial charge in [-0.15, -0.1) is 0 Å². The first kappa shape index (κ1) is 17.8. The highest BCUT2D eigenvalue weighted by Crippen LogP contribution is 2.44. The summed E-state index contributed by atoms with van der Waals surface area (Å²) in [6, 6.07) is 7.76. The third-order valence-electron chi connectivity index (χ3n) is 6.34. The quantitative estimate of drug-likeness (QED) is 0.863. The van der Waals surface area contributed by atoms with Crippen molar-refractivity contribution in [1.29, 1.82) is 0 Å². The molecule has 0 radical (unpaired) electrons. The van der Waals surface area contributed by atoms with Crippen LogP contribution in [0.2, 0.25) is 0 Å². The molecule has 3 heterocycles. The van der Waals surface area contributed by atoms with Gasteiger partial charge in [0, 0.05) is 69.4 Å². The van der Waals surface area contributed by atoms with Crippen LogP contribution in [-0.2, 0) is 9.47 Å². The summed E-state index contributed by atoms with van der Waals surface area (Å²) in [6.07, 6.45) is 1.41. The van der Waals surface area contributed by atoms with E-state index in [1.165, 1.54) is 0 Å². The maximum atomic E-state index is 13.3. The van der Waals surface area contributed by atoms with E-state index in [1.54, 1.807) is 0 Å². The summed E-state index contributed by atoms with van der Waals surface area (Å²) in [4.78, 5) is 17.2. The number of hydrogen-bond donors (Lipinski definition) is 1. The number of likely N-dealkylation sites (tertiary alicyclic amines) is 1. The summed E-state index contributed by atoms with van der Waals surface area (Å²) in [5.41, 5.74) is 0.983. The van der Waals surface area contributed by atoms with E-state index < -0.39 is 5.60 Å². The Hall–Kier alpha value is -1.63. The average Bonchev–Trinajstić information content (AvgIpc) is 2.67. The van der Waals surface area contributed by atoms with E-state index in [0.717, 1.165) is 12.1 Å². The number of aliphatic hydroxyl groups is 1. The van der Waals surface area contributed by atoms with Gasteiger partial charge >= 0.3 is 0 Å². The van der Waals surface area contributed by atoms with Gasteiger partial charge in [-0.05, 0) is 30.7 Å². The molecule has 142 valence electrons. The zero-order chi connectivity index (χ0) is 18.3. The Morgan fingerprint density at radius 3 is 2.65 bits per heavy atom. The number of hydrogen-bond acceptors (Lipinski definition) is 5. The number of benzene rings is 1. The van der Waals surface area contributed by atoms with E-state index >= 15 is 0 Å². The van der Waals surface area contributed by atoms with Crippen LogP contribution in [0.4, 0.5) is 5.69 Å². The molecule has 1 N–H and O–H groups in total. The molecule has 3 aliphatic heterocycles. The first-order valence-electron chi connectivity index (χ1n) is 9.47. The molecule has 0 saturated carbocycles. The minimum Gasteiger partial charge on any atom is -0.389 e. The van der Waals surface area contributed by atoms with E-state index in [1.807, 2.05) is 48.2 Å². The lowest BCUT2D eigenvalue weighted by Gasteiger charge is -2.57. The van der Waals surface area contributed by atoms with Crippen molar-refractivity contribution in [2.75, 3.05) is 52.0 Å². The van der Waals surface area contributed by atoms with Gasteiger partial charge in [0.25, 0.3) is 5.91 Å². The molecule has 3 fully saturated rings. The van der Waals surface area contributed by atoms with Crippen LogP contribution >= 0.6 is 0 Å². The van der Waals surface area contributed by atoms with Crippen LogP contribution in [-0.4, -0.2) is 74.6 Å². The first-order chi connectivity index (χ1) is 12.5. The summed E-state index contributed by atoms with van der Waals surface area (Å²) in [5, 5.41) is 11.4. The molecule has 1 aromatic carbocycles. The Balaban J connectivity index is 1.61. The van der Waals surface area contributed by atoms with Gasteiger partial charge < -0.3 is 24.4 Å². The van der Waals surface area contributed by atoms with Gasteiger partial charge in [0.05, 0.1) is 18.8 Å². The second-order valence-corrected chi connectivity index (χ2v) is 7.95. The van der Waals surface area contributed by atoms with E-state index in [-0.39, 0.29) is 23.8 Å². The number of piperidine rings is 1. The number of amides is 1. The number of carbonyl (C=O) groups is 1. The van der Waals surface area contributed by atoms with Crippen molar-refractivity contribution in [3.05, 3.63) is 29.8 Å². The average molecular weight is 360 g/mol. The second-order valence-electron chi connectivity index (χ2n) is 7.95. The monoisotopic (exact) mass is 360 g/mol. The number of nitrogens with zero attached hydrogens (tertiary/aromatic N) is 2. The molecule has 6 nitrogen and oxygen atoms in total. The molecule has 3 saturated heterocycles. The predicted octanol–water partition coefficient (Wildman–Crippen LogP) is 1.38. The standard InChI is InChI=1S/C20H28N2O4/c1-21(2)16-5-3-14(4-6-16)19(23)22-11-15-12-26-10-8-20(15,24)17-13-25-9-7-18(17)22/h3-6,15,17-18,24H,7-13H2,1-2H3/t15-,17+,18-,20-/m0/s1. The van der Waals surface area contributed by atoms with Crippen LogP contribution in [0.3, 0.4) is 0 Å². The van der Waals surface area contributed by atoms with Crippen LogP contribution in [0, 0.1) is 11.8 Å². The Morgan fingerprint density at radius 1 is 1.19 bits per heavy atom. The van der Waals surface area contributed by atoms with Crippen molar-refractivity contribution in [2.24, 2.45) is 11.8 Å². The molecule has 1 aromatic rings. The van der Waals surface area contributed by atoms with Crippen molar-refractivity contribution >= 4 is 11.6 Å². The van der Waals surface area contributed by atoms with E-state index in [0.29, 0.717) is 45.0 Å². The second kappa shape index (κ2) is 6.83. The van der Waals surface area contributed by atoms with Crippen molar-refractivity contribution < 1.29 is 19.4 Å². The number of carbonyl (C=O) groups excluding carboxylic acids is 1. The van der Waals surface area contributed by atoms with Crippen molar-refractivity contribution in [1.82, 2.24) is 4.90 Å². The van der Waals surface area contributed by atoms with Crippen molar-refractivity contribution in [3.8, 4) is 0 Å². The number of ether oxygens (including phenoxy) is 2. The lowest BCUT2D eigenvalue weighted by Crippen LogP contribution is -2.68. The molecular weight excluding hydrogens is 332 g/mol. The van der Waals surface area contributed by atoms with Crippen LogP contribution < -0.4 is 4.90 Å². The van der Waals surface area contributed by atoms with Gasteiger partial charge in [0.15, 0.2) is 0 Å². The first-order valence-corrected chi connectivity index (χ1v) is 9.47. The molecule has 1 amide bonds. The summed E-state index contributed by atoms with van der Waals surface area (Å²) < 4.78 is 11.3. The van der Waals surface area contributed by atoms with Gasteiger partial charge in [-0.3, -0.25) is 4.79 Å². The number of rotatable bonds is 2. The smallest absolute Gasteiger partial charge is 0.254 e. The van der Waals surface area contributed by atoms with Crippen molar-refractivity contribution in [3.63, 3.8) is 0 Å². The van der Waals surface area contributed by atoms with Gasteiger partial charge in [-0.1, -0.05) is 0 Å². The number of fused-ring (bicyclic) bond motifs is 3. The molecule has 0 unspecified atom stereocenters. The number of anilines is 1. The normalized spacial score (nSPS) is 34.0. The van der Waals surface area contributed by atoms with Gasteiger partial charge in [-0.2, -0.15) is 0 Å². The summed E-state index contributed by atoms with van der Waals surface area (Å²) >= 11 is 0. The highest BCUT2D eigenvalue weighted by molar-refractivity contribution is 5.95. The zero-order valence-corrected chi connectivity index (χ0v) is 15.6. The molecular formula is C20H28N2O4. The molecule has 0 aliphatic carbocycles. The molecule has 0 spiro atoms.